The van der Waals surface area contributed by atoms with Crippen molar-refractivity contribution in [2.75, 3.05) is 0 Å². The van der Waals surface area contributed by atoms with E-state index in [2.05, 4.69) is 0 Å². The molecular weight excluding hydrogens is 298 g/mol. The zero-order chi connectivity index (χ0) is 15.6. The van der Waals surface area contributed by atoms with Gasteiger partial charge >= 0.3 is 5.97 Å². The number of nitrogens with zero attached hydrogens (tertiary/aromatic N) is 1. The van der Waals surface area contributed by atoms with Crippen molar-refractivity contribution in [2.24, 2.45) is 0 Å². The third kappa shape index (κ3) is 2.72. The highest BCUT2D eigenvalue weighted by Gasteiger charge is 2.40. The van der Waals surface area contributed by atoms with Crippen LogP contribution in [0.4, 0.5) is 5.69 Å². The first-order valence-electron chi connectivity index (χ1n) is 5.82. The van der Waals surface area contributed by atoms with Crippen molar-refractivity contribution in [2.45, 2.75) is 5.60 Å². The summed E-state index contributed by atoms with van der Waals surface area (Å²) in [4.78, 5) is 21.5. The summed E-state index contributed by atoms with van der Waals surface area (Å²) in [6.07, 6.45) is 0. The number of halogens is 1. The van der Waals surface area contributed by atoms with Gasteiger partial charge in [-0.2, -0.15) is 0 Å². The number of nitro benzene ring substituents is 1. The van der Waals surface area contributed by atoms with Gasteiger partial charge in [0, 0.05) is 17.2 Å². The molecule has 0 fully saturated rings. The highest BCUT2D eigenvalue weighted by atomic mass is 35.5. The minimum absolute atomic E-state index is 0.0166. The number of hydrogen-bond donors (Lipinski definition) is 2. The maximum Gasteiger partial charge on any atom is 0.345 e. The first kappa shape index (κ1) is 15.0. The average molecular weight is 308 g/mol. The van der Waals surface area contributed by atoms with E-state index in [4.69, 9.17) is 11.6 Å². The summed E-state index contributed by atoms with van der Waals surface area (Å²) in [5.74, 6) is -1.49. The summed E-state index contributed by atoms with van der Waals surface area (Å²) in [7, 11) is 0. The van der Waals surface area contributed by atoms with Crippen molar-refractivity contribution in [3.05, 3.63) is 74.8 Å². The van der Waals surface area contributed by atoms with E-state index in [1.54, 1.807) is 0 Å². The van der Waals surface area contributed by atoms with Gasteiger partial charge in [0.15, 0.2) is 0 Å². The Bertz CT molecular complexity index is 684. The van der Waals surface area contributed by atoms with Crippen molar-refractivity contribution >= 4 is 23.3 Å². The fraction of sp³-hybridized carbons (Fsp3) is 0.0714. The standard InChI is InChI=1S/C14H10ClNO5/c15-11-5-1-9(2-6-11)14(19,13(17)18)10-3-7-12(8-4-10)16(20)21/h1-8,19H,(H,17,18). The highest BCUT2D eigenvalue weighted by molar-refractivity contribution is 6.30. The van der Waals surface area contributed by atoms with Crippen LogP contribution in [0.3, 0.4) is 0 Å². The van der Waals surface area contributed by atoms with Crippen molar-refractivity contribution in [3.63, 3.8) is 0 Å². The minimum atomic E-state index is -2.31. The van der Waals surface area contributed by atoms with Gasteiger partial charge < -0.3 is 10.2 Å². The number of nitro groups is 1. The number of non-ortho nitro benzene ring substituents is 1. The number of benzene rings is 2. The molecule has 108 valence electrons. The number of carboxylic acids is 1. The summed E-state index contributed by atoms with van der Waals surface area (Å²) in [5.41, 5.74) is -2.38. The zero-order valence-corrected chi connectivity index (χ0v) is 11.3. The highest BCUT2D eigenvalue weighted by Crippen LogP contribution is 2.31. The molecule has 21 heavy (non-hydrogen) atoms. The van der Waals surface area contributed by atoms with Crippen LogP contribution >= 0.6 is 11.6 Å². The van der Waals surface area contributed by atoms with Crippen molar-refractivity contribution in [1.82, 2.24) is 0 Å². The van der Waals surface area contributed by atoms with Gasteiger partial charge in [0.25, 0.3) is 5.69 Å². The average Bonchev–Trinajstić information content (AvgIpc) is 2.47. The maximum atomic E-state index is 11.5. The fourth-order valence-electron chi connectivity index (χ4n) is 1.93. The first-order chi connectivity index (χ1) is 9.85. The second-order valence-corrected chi connectivity index (χ2v) is 4.76. The van der Waals surface area contributed by atoms with Gasteiger partial charge in [0.2, 0.25) is 5.60 Å². The van der Waals surface area contributed by atoms with E-state index in [9.17, 15) is 25.1 Å². The molecule has 7 heteroatoms. The van der Waals surface area contributed by atoms with Crippen LogP contribution in [0.1, 0.15) is 11.1 Å². The van der Waals surface area contributed by atoms with Crippen LogP contribution in [0.25, 0.3) is 0 Å². The summed E-state index contributed by atoms with van der Waals surface area (Å²) >= 11 is 5.74. The van der Waals surface area contributed by atoms with Gasteiger partial charge in [-0.3, -0.25) is 10.1 Å². The fourth-order valence-corrected chi connectivity index (χ4v) is 2.06. The molecule has 0 bridgehead atoms. The second kappa shape index (κ2) is 5.51. The van der Waals surface area contributed by atoms with Crippen molar-refractivity contribution in [1.29, 1.82) is 0 Å². The van der Waals surface area contributed by atoms with Crippen LogP contribution < -0.4 is 0 Å². The molecule has 1 atom stereocenters. The Morgan fingerprint density at radius 1 is 1.05 bits per heavy atom. The third-order valence-corrected chi connectivity index (χ3v) is 3.32. The van der Waals surface area contributed by atoms with E-state index >= 15 is 0 Å². The zero-order valence-electron chi connectivity index (χ0n) is 10.6. The predicted octanol–water partition coefficient (Wildman–Crippen LogP) is 2.57. The molecule has 0 spiro atoms. The third-order valence-electron chi connectivity index (χ3n) is 3.07. The van der Waals surface area contributed by atoms with E-state index in [-0.39, 0.29) is 16.8 Å². The van der Waals surface area contributed by atoms with Crippen LogP contribution in [-0.4, -0.2) is 21.1 Å². The number of carboxylic acid groups (broad SMARTS) is 1. The van der Waals surface area contributed by atoms with E-state index in [1.807, 2.05) is 0 Å². The minimum Gasteiger partial charge on any atom is -0.479 e. The lowest BCUT2D eigenvalue weighted by Gasteiger charge is -2.24. The number of rotatable bonds is 4. The van der Waals surface area contributed by atoms with Gasteiger partial charge in [-0.15, -0.1) is 0 Å². The van der Waals surface area contributed by atoms with Crippen molar-refractivity contribution in [3.8, 4) is 0 Å². The Morgan fingerprint density at radius 2 is 1.48 bits per heavy atom. The lowest BCUT2D eigenvalue weighted by atomic mass is 9.86. The maximum absolute atomic E-state index is 11.5. The molecule has 2 rings (SSSR count). The summed E-state index contributed by atoms with van der Waals surface area (Å²) < 4.78 is 0. The van der Waals surface area contributed by atoms with E-state index in [0.29, 0.717) is 5.02 Å². The molecule has 0 saturated heterocycles. The first-order valence-corrected chi connectivity index (χ1v) is 6.20. The molecule has 1 unspecified atom stereocenters. The molecule has 2 N–H and O–H groups in total. The normalized spacial score (nSPS) is 13.4. The van der Waals surface area contributed by atoms with Gasteiger partial charge in [-0.25, -0.2) is 4.79 Å². The lowest BCUT2D eigenvalue weighted by molar-refractivity contribution is -0.384. The Balaban J connectivity index is 2.54. The topological polar surface area (TPSA) is 101 Å². The molecule has 0 aliphatic carbocycles. The van der Waals surface area contributed by atoms with Gasteiger partial charge in [-0.05, 0) is 35.4 Å². The van der Waals surface area contributed by atoms with Gasteiger partial charge in [0.1, 0.15) is 0 Å². The lowest BCUT2D eigenvalue weighted by Crippen LogP contribution is -2.36. The van der Waals surface area contributed by atoms with Gasteiger partial charge in [-0.1, -0.05) is 23.7 Å². The molecule has 6 nitrogen and oxygen atoms in total. The quantitative estimate of drug-likeness (QED) is 0.668. The monoisotopic (exact) mass is 307 g/mol. The number of hydrogen-bond acceptors (Lipinski definition) is 4. The molecule has 0 saturated carbocycles. The summed E-state index contributed by atoms with van der Waals surface area (Å²) in [5, 5.41) is 30.9. The van der Waals surface area contributed by atoms with E-state index in [0.717, 1.165) is 12.1 Å². The van der Waals surface area contributed by atoms with Crippen LogP contribution in [-0.2, 0) is 10.4 Å². The Hall–Kier alpha value is -2.44. The Labute approximate surface area is 124 Å². The second-order valence-electron chi connectivity index (χ2n) is 4.33. The molecule has 2 aromatic carbocycles. The smallest absolute Gasteiger partial charge is 0.345 e. The number of carbonyl (C=O) groups is 1. The Kier molecular flexibility index (Phi) is 3.93. The SMILES string of the molecule is O=C(O)C(O)(c1ccc(Cl)cc1)c1ccc([N+](=O)[O-])cc1. The Morgan fingerprint density at radius 3 is 1.86 bits per heavy atom. The molecule has 0 aliphatic rings. The van der Waals surface area contributed by atoms with E-state index in [1.165, 1.54) is 36.4 Å². The molecular formula is C14H10ClNO5. The van der Waals surface area contributed by atoms with Crippen LogP contribution in [0.15, 0.2) is 48.5 Å². The van der Waals surface area contributed by atoms with Gasteiger partial charge in [0.05, 0.1) is 4.92 Å². The van der Waals surface area contributed by atoms with Crippen molar-refractivity contribution < 1.29 is 19.9 Å². The molecule has 0 radical (unpaired) electrons. The van der Waals surface area contributed by atoms with Crippen LogP contribution in [0.5, 0.6) is 0 Å². The number of aliphatic hydroxyl groups is 1. The molecule has 0 aliphatic heterocycles. The molecule has 0 heterocycles. The molecule has 0 aromatic heterocycles. The summed E-state index contributed by atoms with van der Waals surface area (Å²) in [6, 6.07) is 10.4. The van der Waals surface area contributed by atoms with E-state index < -0.39 is 16.5 Å². The number of aliphatic carboxylic acids is 1. The van der Waals surface area contributed by atoms with Crippen LogP contribution in [0, 0.1) is 10.1 Å². The largest absolute Gasteiger partial charge is 0.479 e. The molecule has 2 aromatic rings. The predicted molar refractivity (Wildman–Crippen MR) is 75.2 cm³/mol. The van der Waals surface area contributed by atoms with Crippen LogP contribution in [0.2, 0.25) is 5.02 Å². The summed E-state index contributed by atoms with van der Waals surface area (Å²) in [6.45, 7) is 0. The molecule has 0 amide bonds.